The zero-order valence-electron chi connectivity index (χ0n) is 10.4. The van der Waals surface area contributed by atoms with Crippen molar-refractivity contribution >= 4 is 28.1 Å². The van der Waals surface area contributed by atoms with Gasteiger partial charge in [0.1, 0.15) is 5.15 Å². The van der Waals surface area contributed by atoms with E-state index in [1.54, 1.807) is 4.90 Å². The molecule has 11 heteroatoms. The number of hydrogen-bond donors (Lipinski definition) is 1. The van der Waals surface area contributed by atoms with E-state index in [-0.39, 0.29) is 30.7 Å². The number of thiazole rings is 1. The third-order valence-electron chi connectivity index (χ3n) is 3.06. The molecule has 3 heterocycles. The molecule has 0 aliphatic carbocycles. The second kappa shape index (κ2) is 5.11. The topological polar surface area (TPSA) is 67.1 Å². The van der Waals surface area contributed by atoms with E-state index in [9.17, 15) is 13.2 Å². The van der Waals surface area contributed by atoms with Crippen LogP contribution in [0.1, 0.15) is 16.5 Å². The minimum absolute atomic E-state index is 0.114. The van der Waals surface area contributed by atoms with E-state index in [0.29, 0.717) is 16.6 Å². The number of halogens is 4. The number of rotatable bonds is 2. The van der Waals surface area contributed by atoms with Gasteiger partial charge >= 0.3 is 6.18 Å². The molecule has 0 spiro atoms. The van der Waals surface area contributed by atoms with Gasteiger partial charge in [-0.2, -0.15) is 13.2 Å². The summed E-state index contributed by atoms with van der Waals surface area (Å²) in [5, 5.41) is 16.7. The Bertz CT molecular complexity index is 670. The lowest BCUT2D eigenvalue weighted by atomic mass is 10.3. The maximum Gasteiger partial charge on any atom is 0.451 e. The fourth-order valence-electron chi connectivity index (χ4n) is 2.08. The number of aliphatic hydroxyl groups is 1. The van der Waals surface area contributed by atoms with Gasteiger partial charge < -0.3 is 14.6 Å². The maximum absolute atomic E-state index is 12.7. The van der Waals surface area contributed by atoms with Crippen LogP contribution in [0.5, 0.6) is 0 Å². The van der Waals surface area contributed by atoms with Crippen LogP contribution < -0.4 is 4.90 Å². The molecule has 1 aliphatic rings. The van der Waals surface area contributed by atoms with Crippen LogP contribution in [0.25, 0.3) is 0 Å². The Labute approximate surface area is 125 Å². The first-order chi connectivity index (χ1) is 9.90. The first-order valence-corrected chi connectivity index (χ1v) is 7.10. The highest BCUT2D eigenvalue weighted by Gasteiger charge is 2.39. The van der Waals surface area contributed by atoms with Gasteiger partial charge in [0.15, 0.2) is 11.0 Å². The summed E-state index contributed by atoms with van der Waals surface area (Å²) < 4.78 is 39.3. The van der Waals surface area contributed by atoms with E-state index in [2.05, 4.69) is 15.2 Å². The minimum atomic E-state index is -4.51. The average molecular weight is 340 g/mol. The summed E-state index contributed by atoms with van der Waals surface area (Å²) in [4.78, 5) is 6.39. The second-order valence-electron chi connectivity index (χ2n) is 4.38. The molecule has 6 nitrogen and oxygen atoms in total. The largest absolute Gasteiger partial charge is 0.451 e. The van der Waals surface area contributed by atoms with Crippen molar-refractivity contribution in [2.45, 2.75) is 25.9 Å². The number of hydrogen-bond acceptors (Lipinski definition) is 6. The minimum Gasteiger partial charge on any atom is -0.391 e. The molecule has 21 heavy (non-hydrogen) atoms. The predicted molar refractivity (Wildman–Crippen MR) is 69.1 cm³/mol. The maximum atomic E-state index is 12.7. The zero-order chi connectivity index (χ0) is 15.2. The van der Waals surface area contributed by atoms with Crippen LogP contribution in [0.15, 0.2) is 0 Å². The lowest BCUT2D eigenvalue weighted by Crippen LogP contribution is -2.35. The summed E-state index contributed by atoms with van der Waals surface area (Å²) in [6.07, 6.45) is -4.51. The smallest absolute Gasteiger partial charge is 0.391 e. The van der Waals surface area contributed by atoms with Crippen molar-refractivity contribution in [3.63, 3.8) is 0 Å². The molecule has 0 atom stereocenters. The fraction of sp³-hybridized carbons (Fsp3) is 0.500. The van der Waals surface area contributed by atoms with Gasteiger partial charge in [-0.1, -0.05) is 22.9 Å². The summed E-state index contributed by atoms with van der Waals surface area (Å²) in [5.41, 5.74) is 0. The van der Waals surface area contributed by atoms with Gasteiger partial charge in [0.2, 0.25) is 5.82 Å². The van der Waals surface area contributed by atoms with Gasteiger partial charge in [-0.25, -0.2) is 4.98 Å². The molecule has 2 aromatic heterocycles. The van der Waals surface area contributed by atoms with E-state index in [1.165, 1.54) is 11.3 Å². The number of anilines is 1. The second-order valence-corrected chi connectivity index (χ2v) is 5.80. The van der Waals surface area contributed by atoms with E-state index in [4.69, 9.17) is 16.7 Å². The zero-order valence-corrected chi connectivity index (χ0v) is 12.0. The van der Waals surface area contributed by atoms with Crippen molar-refractivity contribution in [2.24, 2.45) is 0 Å². The summed E-state index contributed by atoms with van der Waals surface area (Å²) in [7, 11) is 0. The Morgan fingerprint density at radius 3 is 2.67 bits per heavy atom. The van der Waals surface area contributed by atoms with E-state index < -0.39 is 12.0 Å². The molecule has 0 bridgehead atoms. The predicted octanol–water partition coefficient (Wildman–Crippen LogP) is 1.92. The molecule has 2 aromatic rings. The monoisotopic (exact) mass is 339 g/mol. The van der Waals surface area contributed by atoms with Crippen LogP contribution in [-0.4, -0.2) is 31.4 Å². The molecular formula is C10H9ClF3N5OS. The summed E-state index contributed by atoms with van der Waals surface area (Å²) in [6, 6.07) is 0. The first-order valence-electron chi connectivity index (χ1n) is 5.90. The van der Waals surface area contributed by atoms with Crippen molar-refractivity contribution in [3.8, 4) is 0 Å². The van der Waals surface area contributed by atoms with Crippen LogP contribution >= 0.6 is 22.9 Å². The van der Waals surface area contributed by atoms with Crippen LogP contribution in [-0.2, 0) is 25.9 Å². The molecule has 0 saturated heterocycles. The lowest BCUT2D eigenvalue weighted by Gasteiger charge is -2.27. The first kappa shape index (κ1) is 14.5. The quantitative estimate of drug-likeness (QED) is 0.905. The molecule has 1 N–H and O–H groups in total. The van der Waals surface area contributed by atoms with E-state index in [1.807, 2.05) is 0 Å². The molecule has 0 fully saturated rings. The van der Waals surface area contributed by atoms with Crippen LogP contribution in [0.2, 0.25) is 5.15 Å². The van der Waals surface area contributed by atoms with Crippen LogP contribution in [0.4, 0.5) is 18.3 Å². The Balaban J connectivity index is 1.86. The molecule has 0 aromatic carbocycles. The third kappa shape index (κ3) is 2.58. The fourth-order valence-corrected chi connectivity index (χ4v) is 3.23. The third-order valence-corrected chi connectivity index (χ3v) is 4.58. The normalized spacial score (nSPS) is 15.4. The van der Waals surface area contributed by atoms with E-state index in [0.717, 1.165) is 4.57 Å². The SMILES string of the molecule is OCc1sc(N2CCn3c(nnc3C(F)(F)F)C2)nc1Cl. The molecule has 1 aliphatic heterocycles. The van der Waals surface area contributed by atoms with Crippen molar-refractivity contribution < 1.29 is 18.3 Å². The Morgan fingerprint density at radius 1 is 1.29 bits per heavy atom. The van der Waals surface area contributed by atoms with Gasteiger partial charge in [-0.15, -0.1) is 10.2 Å². The van der Waals surface area contributed by atoms with Crippen LogP contribution in [0.3, 0.4) is 0 Å². The number of aliphatic hydroxyl groups excluding tert-OH is 1. The molecule has 0 unspecified atom stereocenters. The number of alkyl halides is 3. The van der Waals surface area contributed by atoms with Crippen molar-refractivity contribution in [3.05, 3.63) is 21.7 Å². The van der Waals surface area contributed by atoms with Crippen LogP contribution in [0, 0.1) is 0 Å². The highest BCUT2D eigenvalue weighted by Crippen LogP contribution is 2.33. The Morgan fingerprint density at radius 2 is 2.05 bits per heavy atom. The van der Waals surface area contributed by atoms with Gasteiger partial charge in [0.05, 0.1) is 18.0 Å². The van der Waals surface area contributed by atoms with Gasteiger partial charge in [0.25, 0.3) is 0 Å². The molecule has 114 valence electrons. The van der Waals surface area contributed by atoms with Crippen molar-refractivity contribution in [2.75, 3.05) is 11.4 Å². The van der Waals surface area contributed by atoms with Gasteiger partial charge in [-0.3, -0.25) is 0 Å². The molecular weight excluding hydrogens is 331 g/mol. The summed E-state index contributed by atoms with van der Waals surface area (Å²) in [5.74, 6) is -0.754. The van der Waals surface area contributed by atoms with Crippen molar-refractivity contribution in [1.29, 1.82) is 0 Å². The average Bonchev–Trinajstić information content (AvgIpc) is 3.00. The Kier molecular flexibility index (Phi) is 3.54. The number of nitrogens with zero attached hydrogens (tertiary/aromatic N) is 5. The summed E-state index contributed by atoms with van der Waals surface area (Å²) in [6.45, 7) is 0.391. The van der Waals surface area contributed by atoms with Gasteiger partial charge in [-0.05, 0) is 0 Å². The molecule has 3 rings (SSSR count). The van der Waals surface area contributed by atoms with Crippen molar-refractivity contribution in [1.82, 2.24) is 19.7 Å². The molecule has 0 saturated carbocycles. The number of fused-ring (bicyclic) bond motifs is 1. The molecule has 0 amide bonds. The van der Waals surface area contributed by atoms with E-state index >= 15 is 0 Å². The molecule has 0 radical (unpaired) electrons. The highest BCUT2D eigenvalue weighted by atomic mass is 35.5. The Hall–Kier alpha value is -1.39. The van der Waals surface area contributed by atoms with Gasteiger partial charge in [0, 0.05) is 13.1 Å². The number of aromatic nitrogens is 4. The summed E-state index contributed by atoms with van der Waals surface area (Å²) >= 11 is 7.07. The standard InChI is InChI=1S/C10H9ClF3N5OS/c11-7-5(4-20)21-9(15-7)18-1-2-19-6(3-18)16-17-8(19)10(12,13)14/h20H,1-4H2. The highest BCUT2D eigenvalue weighted by molar-refractivity contribution is 7.16. The lowest BCUT2D eigenvalue weighted by molar-refractivity contribution is -0.147.